The molecular weight excluding hydrogens is 188 g/mol. The molecule has 0 atom stereocenters. The van der Waals surface area contributed by atoms with E-state index in [4.69, 9.17) is 5.53 Å². The number of rotatable bonds is 5. The van der Waals surface area contributed by atoms with Crippen molar-refractivity contribution < 1.29 is 0 Å². The Balaban J connectivity index is 2.63. The lowest BCUT2D eigenvalue weighted by Gasteiger charge is -2.09. The lowest BCUT2D eigenvalue weighted by Crippen LogP contribution is -2.13. The van der Waals surface area contributed by atoms with Crippen LogP contribution >= 0.6 is 0 Å². The zero-order chi connectivity index (χ0) is 11.1. The molecular formula is C11H16N4. The minimum Gasteiger partial charge on any atom is -0.309 e. The van der Waals surface area contributed by atoms with Crippen LogP contribution in [-0.2, 0) is 6.42 Å². The zero-order valence-corrected chi connectivity index (χ0v) is 9.22. The molecule has 80 valence electrons. The van der Waals surface area contributed by atoms with Crippen molar-refractivity contribution in [3.63, 3.8) is 0 Å². The molecule has 0 saturated carbocycles. The monoisotopic (exact) mass is 204 g/mol. The first kappa shape index (κ1) is 11.6. The maximum atomic E-state index is 8.41. The summed E-state index contributed by atoms with van der Waals surface area (Å²) in [6, 6.07) is 7.73. The van der Waals surface area contributed by atoms with E-state index in [2.05, 4.69) is 29.0 Å². The number of aryl methyl sites for hydroxylation is 1. The van der Waals surface area contributed by atoms with E-state index >= 15 is 0 Å². The molecule has 0 saturated heterocycles. The summed E-state index contributed by atoms with van der Waals surface area (Å²) in [6.45, 7) is 1.05. The molecule has 4 heteroatoms. The molecule has 0 aliphatic carbocycles. The van der Waals surface area contributed by atoms with Gasteiger partial charge in [-0.05, 0) is 44.6 Å². The molecule has 15 heavy (non-hydrogen) atoms. The molecule has 4 nitrogen and oxygen atoms in total. The van der Waals surface area contributed by atoms with Gasteiger partial charge in [-0.1, -0.05) is 29.4 Å². The second-order valence-electron chi connectivity index (χ2n) is 3.72. The number of azide groups is 1. The fraction of sp³-hybridized carbons (Fsp3) is 0.455. The number of hydrogen-bond donors (Lipinski definition) is 0. The second-order valence-corrected chi connectivity index (χ2v) is 3.72. The van der Waals surface area contributed by atoms with Crippen LogP contribution in [0.1, 0.15) is 12.0 Å². The van der Waals surface area contributed by atoms with Crippen molar-refractivity contribution in [2.24, 2.45) is 5.11 Å². The molecule has 0 N–H and O–H groups in total. The maximum absolute atomic E-state index is 8.41. The van der Waals surface area contributed by atoms with E-state index in [1.54, 1.807) is 0 Å². The normalized spacial score (nSPS) is 10.1. The summed E-state index contributed by atoms with van der Waals surface area (Å²) in [4.78, 5) is 4.97. The summed E-state index contributed by atoms with van der Waals surface area (Å²) < 4.78 is 0. The van der Waals surface area contributed by atoms with E-state index in [1.165, 1.54) is 0 Å². The van der Waals surface area contributed by atoms with Gasteiger partial charge in [-0.15, -0.1) is 0 Å². The van der Waals surface area contributed by atoms with Crippen LogP contribution in [0.25, 0.3) is 10.4 Å². The molecule has 1 aromatic carbocycles. The van der Waals surface area contributed by atoms with Crippen molar-refractivity contribution >= 4 is 5.69 Å². The Morgan fingerprint density at radius 2 is 2.07 bits per heavy atom. The summed E-state index contributed by atoms with van der Waals surface area (Å²) in [5, 5.41) is 3.67. The minimum absolute atomic E-state index is 0.749. The van der Waals surface area contributed by atoms with Crippen molar-refractivity contribution in [1.82, 2.24) is 4.90 Å². The van der Waals surface area contributed by atoms with Gasteiger partial charge >= 0.3 is 0 Å². The Morgan fingerprint density at radius 3 is 2.73 bits per heavy atom. The SMILES string of the molecule is CN(C)CCCc1ccccc1N=[N+]=[N-]. The van der Waals surface area contributed by atoms with Gasteiger partial charge in [0.25, 0.3) is 0 Å². The fourth-order valence-corrected chi connectivity index (χ4v) is 1.45. The maximum Gasteiger partial charge on any atom is 0.0407 e. The van der Waals surface area contributed by atoms with Crippen molar-refractivity contribution in [3.8, 4) is 0 Å². The summed E-state index contributed by atoms with van der Waals surface area (Å²) >= 11 is 0. The van der Waals surface area contributed by atoms with E-state index in [0.717, 1.165) is 30.6 Å². The van der Waals surface area contributed by atoms with Gasteiger partial charge in [0.05, 0.1) is 0 Å². The Hall–Kier alpha value is -1.51. The van der Waals surface area contributed by atoms with Gasteiger partial charge in [0.1, 0.15) is 0 Å². The Labute approximate surface area is 90.1 Å². The smallest absolute Gasteiger partial charge is 0.0407 e. The van der Waals surface area contributed by atoms with Crippen LogP contribution in [0.2, 0.25) is 0 Å². The van der Waals surface area contributed by atoms with Gasteiger partial charge in [-0.3, -0.25) is 0 Å². The Kier molecular flexibility index (Phi) is 4.68. The molecule has 1 rings (SSSR count). The van der Waals surface area contributed by atoms with Crippen LogP contribution in [0.5, 0.6) is 0 Å². The van der Waals surface area contributed by atoms with E-state index in [-0.39, 0.29) is 0 Å². The van der Waals surface area contributed by atoms with E-state index in [1.807, 2.05) is 24.3 Å². The number of nitrogens with zero attached hydrogens (tertiary/aromatic N) is 4. The minimum atomic E-state index is 0.749. The average Bonchev–Trinajstić information content (AvgIpc) is 2.20. The molecule has 0 heterocycles. The van der Waals surface area contributed by atoms with Gasteiger partial charge in [-0.25, -0.2) is 0 Å². The van der Waals surface area contributed by atoms with Gasteiger partial charge in [0, 0.05) is 10.6 Å². The molecule has 0 radical (unpaired) electrons. The lowest BCUT2D eigenvalue weighted by molar-refractivity contribution is 0.400. The van der Waals surface area contributed by atoms with Crippen LogP contribution < -0.4 is 0 Å². The van der Waals surface area contributed by atoms with E-state index < -0.39 is 0 Å². The lowest BCUT2D eigenvalue weighted by atomic mass is 10.1. The van der Waals surface area contributed by atoms with Crippen molar-refractivity contribution in [2.75, 3.05) is 20.6 Å². The number of benzene rings is 1. The molecule has 0 bridgehead atoms. The summed E-state index contributed by atoms with van der Waals surface area (Å²) in [6.07, 6.45) is 2.03. The van der Waals surface area contributed by atoms with Crippen molar-refractivity contribution in [2.45, 2.75) is 12.8 Å². The highest BCUT2D eigenvalue weighted by molar-refractivity contribution is 5.45. The predicted octanol–water partition coefficient (Wildman–Crippen LogP) is 3.12. The molecule has 0 spiro atoms. The van der Waals surface area contributed by atoms with Gasteiger partial charge in [0.15, 0.2) is 0 Å². The highest BCUT2D eigenvalue weighted by atomic mass is 15.1. The van der Waals surface area contributed by atoms with Crippen molar-refractivity contribution in [1.29, 1.82) is 0 Å². The first-order valence-electron chi connectivity index (χ1n) is 5.02. The molecule has 0 unspecified atom stereocenters. The van der Waals surface area contributed by atoms with Crippen LogP contribution in [0.4, 0.5) is 5.69 Å². The van der Waals surface area contributed by atoms with Crippen molar-refractivity contribution in [3.05, 3.63) is 40.3 Å². The van der Waals surface area contributed by atoms with Gasteiger partial charge in [-0.2, -0.15) is 0 Å². The highest BCUT2D eigenvalue weighted by Gasteiger charge is 1.99. The van der Waals surface area contributed by atoms with Gasteiger partial charge < -0.3 is 4.90 Å². The van der Waals surface area contributed by atoms with Crippen LogP contribution in [0, 0.1) is 0 Å². The first-order valence-corrected chi connectivity index (χ1v) is 5.02. The fourth-order valence-electron chi connectivity index (χ4n) is 1.45. The third-order valence-corrected chi connectivity index (χ3v) is 2.20. The highest BCUT2D eigenvalue weighted by Crippen LogP contribution is 2.20. The summed E-state index contributed by atoms with van der Waals surface area (Å²) in [5.74, 6) is 0. The summed E-state index contributed by atoms with van der Waals surface area (Å²) in [7, 11) is 4.11. The Morgan fingerprint density at radius 1 is 1.33 bits per heavy atom. The second kappa shape index (κ2) is 6.06. The summed E-state index contributed by atoms with van der Waals surface area (Å²) in [5.41, 5.74) is 10.3. The van der Waals surface area contributed by atoms with E-state index in [0.29, 0.717) is 0 Å². The Bertz CT molecular complexity index is 353. The standard InChI is InChI=1S/C11H16N4/c1-15(2)9-5-7-10-6-3-4-8-11(10)13-14-12/h3-4,6,8H,5,7,9H2,1-2H3. The molecule has 0 aliphatic heterocycles. The molecule has 0 fully saturated rings. The van der Waals surface area contributed by atoms with E-state index in [9.17, 15) is 0 Å². The average molecular weight is 204 g/mol. The third-order valence-electron chi connectivity index (χ3n) is 2.20. The van der Waals surface area contributed by atoms with Crippen LogP contribution in [-0.4, -0.2) is 25.5 Å². The first-order chi connectivity index (χ1) is 7.24. The topological polar surface area (TPSA) is 52.0 Å². The predicted molar refractivity (Wildman–Crippen MR) is 62.1 cm³/mol. The third kappa shape index (κ3) is 4.02. The molecule has 0 aromatic heterocycles. The quantitative estimate of drug-likeness (QED) is 0.413. The number of hydrogen-bond acceptors (Lipinski definition) is 2. The molecule has 0 aliphatic rings. The van der Waals surface area contributed by atoms with Crippen LogP contribution in [0.3, 0.4) is 0 Å². The largest absolute Gasteiger partial charge is 0.309 e. The molecule has 0 amide bonds. The zero-order valence-electron chi connectivity index (χ0n) is 9.22. The molecule has 1 aromatic rings. The van der Waals surface area contributed by atoms with Gasteiger partial charge in [0.2, 0.25) is 0 Å². The van der Waals surface area contributed by atoms with Crippen LogP contribution in [0.15, 0.2) is 29.4 Å².